The number of ether oxygens (including phenoxy) is 1. The summed E-state index contributed by atoms with van der Waals surface area (Å²) in [5, 5.41) is 0. The van der Waals surface area contributed by atoms with E-state index in [1.807, 2.05) is 50.2 Å². The summed E-state index contributed by atoms with van der Waals surface area (Å²) < 4.78 is 8.04. The minimum Gasteiger partial charge on any atom is -0.457 e. The molecule has 0 spiro atoms. The molecule has 0 saturated carbocycles. The summed E-state index contributed by atoms with van der Waals surface area (Å²) in [5.41, 5.74) is 2.23. The fraction of sp³-hybridized carbons (Fsp3) is 0.143. The summed E-state index contributed by atoms with van der Waals surface area (Å²) in [6.45, 7) is 4.07. The molecule has 2 aromatic carbocycles. The van der Waals surface area contributed by atoms with Crippen LogP contribution in [0.3, 0.4) is 0 Å². The molecule has 0 radical (unpaired) electrons. The van der Waals surface area contributed by atoms with Crippen LogP contribution in [0.1, 0.15) is 11.1 Å². The van der Waals surface area contributed by atoms with E-state index in [2.05, 4.69) is 31.9 Å². The number of halogens is 2. The first-order chi connectivity index (χ1) is 8.06. The van der Waals surface area contributed by atoms with Crippen LogP contribution in [0.5, 0.6) is 11.5 Å². The zero-order valence-corrected chi connectivity index (χ0v) is 12.8. The number of hydrogen-bond acceptors (Lipinski definition) is 1. The predicted molar refractivity (Wildman–Crippen MR) is 77.8 cm³/mol. The highest BCUT2D eigenvalue weighted by Gasteiger charge is 2.04. The fourth-order valence-corrected chi connectivity index (χ4v) is 2.52. The second kappa shape index (κ2) is 5.23. The standard InChI is InChI=1S/C14H12Br2O/c1-9-7-11(15)3-5-13(9)17-14-6-4-12(16)8-10(14)2/h3-8H,1-2H3. The molecule has 0 unspecified atom stereocenters. The van der Waals surface area contributed by atoms with Crippen LogP contribution in [0.2, 0.25) is 0 Å². The van der Waals surface area contributed by atoms with Gasteiger partial charge < -0.3 is 4.74 Å². The Morgan fingerprint density at radius 1 is 0.765 bits per heavy atom. The highest BCUT2D eigenvalue weighted by molar-refractivity contribution is 9.10. The third-order valence-corrected chi connectivity index (χ3v) is 3.48. The van der Waals surface area contributed by atoms with Crippen molar-refractivity contribution in [3.05, 3.63) is 56.5 Å². The van der Waals surface area contributed by atoms with Crippen molar-refractivity contribution in [2.45, 2.75) is 13.8 Å². The Morgan fingerprint density at radius 3 is 1.53 bits per heavy atom. The first-order valence-corrected chi connectivity index (χ1v) is 6.85. The van der Waals surface area contributed by atoms with E-state index in [4.69, 9.17) is 4.74 Å². The summed E-state index contributed by atoms with van der Waals surface area (Å²) in [4.78, 5) is 0. The topological polar surface area (TPSA) is 9.23 Å². The van der Waals surface area contributed by atoms with Crippen molar-refractivity contribution in [3.8, 4) is 11.5 Å². The molecule has 0 bridgehead atoms. The van der Waals surface area contributed by atoms with Crippen molar-refractivity contribution in [1.82, 2.24) is 0 Å². The molecule has 1 nitrogen and oxygen atoms in total. The van der Waals surface area contributed by atoms with Gasteiger partial charge in [0.2, 0.25) is 0 Å². The number of hydrogen-bond donors (Lipinski definition) is 0. The molecule has 0 aliphatic rings. The largest absolute Gasteiger partial charge is 0.457 e. The van der Waals surface area contributed by atoms with Gasteiger partial charge in [-0.3, -0.25) is 0 Å². The molecule has 0 aliphatic heterocycles. The maximum atomic E-state index is 5.91. The van der Waals surface area contributed by atoms with Gasteiger partial charge in [0, 0.05) is 8.95 Å². The van der Waals surface area contributed by atoms with Crippen LogP contribution in [0.4, 0.5) is 0 Å². The summed E-state index contributed by atoms with van der Waals surface area (Å²) in [6.07, 6.45) is 0. The molecule has 0 N–H and O–H groups in total. The highest BCUT2D eigenvalue weighted by Crippen LogP contribution is 2.30. The third kappa shape index (κ3) is 3.11. The molecule has 3 heteroatoms. The third-order valence-electron chi connectivity index (χ3n) is 2.49. The second-order valence-electron chi connectivity index (χ2n) is 3.92. The Labute approximate surface area is 118 Å². The minimum absolute atomic E-state index is 0.888. The van der Waals surface area contributed by atoms with E-state index >= 15 is 0 Å². The van der Waals surface area contributed by atoms with E-state index in [0.717, 1.165) is 31.6 Å². The SMILES string of the molecule is Cc1cc(Br)ccc1Oc1ccc(Br)cc1C. The van der Waals surface area contributed by atoms with Gasteiger partial charge >= 0.3 is 0 Å². The Bertz CT molecular complexity index is 500. The van der Waals surface area contributed by atoms with E-state index in [1.54, 1.807) is 0 Å². The Balaban J connectivity index is 2.31. The van der Waals surface area contributed by atoms with Crippen molar-refractivity contribution in [2.24, 2.45) is 0 Å². The zero-order valence-electron chi connectivity index (χ0n) is 9.63. The lowest BCUT2D eigenvalue weighted by Crippen LogP contribution is -1.90. The van der Waals surface area contributed by atoms with Crippen molar-refractivity contribution < 1.29 is 4.74 Å². The van der Waals surface area contributed by atoms with Crippen molar-refractivity contribution in [3.63, 3.8) is 0 Å². The van der Waals surface area contributed by atoms with Crippen molar-refractivity contribution >= 4 is 31.9 Å². The lowest BCUT2D eigenvalue weighted by atomic mass is 10.2. The van der Waals surface area contributed by atoms with E-state index in [9.17, 15) is 0 Å². The maximum absolute atomic E-state index is 5.91. The van der Waals surface area contributed by atoms with E-state index in [-0.39, 0.29) is 0 Å². The smallest absolute Gasteiger partial charge is 0.130 e. The molecular weight excluding hydrogens is 344 g/mol. The average molecular weight is 356 g/mol. The molecule has 0 amide bonds. The van der Waals surface area contributed by atoms with Crippen molar-refractivity contribution in [1.29, 1.82) is 0 Å². The first kappa shape index (κ1) is 12.7. The molecule has 0 saturated heterocycles. The van der Waals surface area contributed by atoms with E-state index < -0.39 is 0 Å². The van der Waals surface area contributed by atoms with Crippen LogP contribution in [0, 0.1) is 13.8 Å². The molecule has 2 aromatic rings. The normalized spacial score (nSPS) is 10.4. The lowest BCUT2D eigenvalue weighted by molar-refractivity contribution is 0.475. The highest BCUT2D eigenvalue weighted by atomic mass is 79.9. The quantitative estimate of drug-likeness (QED) is 0.679. The van der Waals surface area contributed by atoms with Crippen molar-refractivity contribution in [2.75, 3.05) is 0 Å². The first-order valence-electron chi connectivity index (χ1n) is 5.26. The van der Waals surface area contributed by atoms with Gasteiger partial charge in [-0.05, 0) is 61.4 Å². The summed E-state index contributed by atoms with van der Waals surface area (Å²) in [5.74, 6) is 1.78. The van der Waals surface area contributed by atoms with Gasteiger partial charge in [0.15, 0.2) is 0 Å². The lowest BCUT2D eigenvalue weighted by Gasteiger charge is -2.11. The van der Waals surface area contributed by atoms with Crippen LogP contribution in [0.25, 0.3) is 0 Å². The number of aryl methyl sites for hydroxylation is 2. The predicted octanol–water partition coefficient (Wildman–Crippen LogP) is 5.62. The molecule has 88 valence electrons. The van der Waals surface area contributed by atoms with Gasteiger partial charge in [0.25, 0.3) is 0 Å². The molecular formula is C14H12Br2O. The Hall–Kier alpha value is -0.800. The molecule has 17 heavy (non-hydrogen) atoms. The van der Waals surface area contributed by atoms with Gasteiger partial charge in [-0.2, -0.15) is 0 Å². The minimum atomic E-state index is 0.888. The molecule has 0 fully saturated rings. The molecule has 0 aliphatic carbocycles. The fourth-order valence-electron chi connectivity index (χ4n) is 1.57. The molecule has 2 rings (SSSR count). The second-order valence-corrected chi connectivity index (χ2v) is 5.75. The van der Waals surface area contributed by atoms with Crippen LogP contribution >= 0.6 is 31.9 Å². The van der Waals surface area contributed by atoms with Crippen LogP contribution in [-0.2, 0) is 0 Å². The summed E-state index contributed by atoms with van der Waals surface area (Å²) in [6, 6.07) is 12.0. The average Bonchev–Trinajstić information content (AvgIpc) is 2.25. The van der Waals surface area contributed by atoms with Crippen LogP contribution in [0.15, 0.2) is 45.3 Å². The zero-order chi connectivity index (χ0) is 12.4. The Morgan fingerprint density at radius 2 is 1.18 bits per heavy atom. The monoisotopic (exact) mass is 354 g/mol. The van der Waals surface area contributed by atoms with E-state index in [0.29, 0.717) is 0 Å². The van der Waals surface area contributed by atoms with Gasteiger partial charge in [0.05, 0.1) is 0 Å². The summed E-state index contributed by atoms with van der Waals surface area (Å²) in [7, 11) is 0. The van der Waals surface area contributed by atoms with Gasteiger partial charge in [-0.15, -0.1) is 0 Å². The number of rotatable bonds is 2. The van der Waals surface area contributed by atoms with Crippen LogP contribution in [-0.4, -0.2) is 0 Å². The number of benzene rings is 2. The summed E-state index contributed by atoms with van der Waals surface area (Å²) >= 11 is 6.89. The molecule has 0 atom stereocenters. The van der Waals surface area contributed by atoms with Crippen LogP contribution < -0.4 is 4.74 Å². The van der Waals surface area contributed by atoms with Gasteiger partial charge in [-0.25, -0.2) is 0 Å². The maximum Gasteiger partial charge on any atom is 0.130 e. The Kier molecular flexibility index (Phi) is 3.89. The molecule has 0 aromatic heterocycles. The molecule has 0 heterocycles. The van der Waals surface area contributed by atoms with E-state index in [1.165, 1.54) is 0 Å². The van der Waals surface area contributed by atoms with Gasteiger partial charge in [-0.1, -0.05) is 31.9 Å². The van der Waals surface area contributed by atoms with Gasteiger partial charge in [0.1, 0.15) is 11.5 Å².